The van der Waals surface area contributed by atoms with E-state index in [0.29, 0.717) is 25.2 Å². The average Bonchev–Trinajstić information content (AvgIpc) is 2.77. The molecule has 1 saturated heterocycles. The molecule has 1 amide bonds. The van der Waals surface area contributed by atoms with E-state index >= 15 is 4.39 Å². The minimum absolute atomic E-state index is 0.0153. The molecular formula is C21H27F4N7O2. The molecule has 13 heteroatoms. The zero-order valence-electron chi connectivity index (χ0n) is 18.6. The summed E-state index contributed by atoms with van der Waals surface area (Å²) >= 11 is 0. The molecule has 9 nitrogen and oxygen atoms in total. The number of hydrogen-bond donors (Lipinski definition) is 3. The highest BCUT2D eigenvalue weighted by Gasteiger charge is 2.31. The van der Waals surface area contributed by atoms with Crippen LogP contribution in [0.4, 0.5) is 29.2 Å². The largest absolute Gasteiger partial charge is 0.417 e. The van der Waals surface area contributed by atoms with E-state index in [1.54, 1.807) is 11.8 Å². The molecule has 186 valence electrons. The van der Waals surface area contributed by atoms with Gasteiger partial charge in [-0.1, -0.05) is 0 Å². The first-order valence-electron chi connectivity index (χ1n) is 10.8. The second-order valence-electron chi connectivity index (χ2n) is 8.11. The highest BCUT2D eigenvalue weighted by molar-refractivity contribution is 5.75. The molecule has 0 bridgehead atoms. The van der Waals surface area contributed by atoms with E-state index in [-0.39, 0.29) is 43.7 Å². The van der Waals surface area contributed by atoms with Crippen LogP contribution in [0.2, 0.25) is 0 Å². The van der Waals surface area contributed by atoms with Crippen molar-refractivity contribution < 1.29 is 27.5 Å². The summed E-state index contributed by atoms with van der Waals surface area (Å²) < 4.78 is 53.4. The Morgan fingerprint density at radius 2 is 2.09 bits per heavy atom. The van der Waals surface area contributed by atoms with E-state index in [0.717, 1.165) is 12.3 Å². The second kappa shape index (κ2) is 10.9. The summed E-state index contributed by atoms with van der Waals surface area (Å²) in [6.45, 7) is 3.33. The quantitative estimate of drug-likeness (QED) is 0.459. The number of pyridine rings is 1. The van der Waals surface area contributed by atoms with Crippen molar-refractivity contribution in [3.05, 3.63) is 41.7 Å². The van der Waals surface area contributed by atoms with Crippen LogP contribution < -0.4 is 16.0 Å². The minimum atomic E-state index is -4.48. The van der Waals surface area contributed by atoms with Crippen LogP contribution in [0.15, 0.2) is 24.7 Å². The summed E-state index contributed by atoms with van der Waals surface area (Å²) in [5, 5.41) is 13.3. The number of piperidine rings is 1. The number of carbonyl (C=O) groups is 1. The molecule has 3 heterocycles. The Morgan fingerprint density at radius 3 is 2.68 bits per heavy atom. The number of nitrogens with two attached hydrogens (primary N) is 1. The van der Waals surface area contributed by atoms with E-state index in [4.69, 9.17) is 5.73 Å². The van der Waals surface area contributed by atoms with E-state index in [9.17, 15) is 23.1 Å². The molecule has 3 rings (SSSR count). The first kappa shape index (κ1) is 25.6. The first-order chi connectivity index (χ1) is 16.1. The van der Waals surface area contributed by atoms with Crippen LogP contribution in [-0.2, 0) is 17.5 Å². The fourth-order valence-corrected chi connectivity index (χ4v) is 3.80. The van der Waals surface area contributed by atoms with Crippen LogP contribution in [0.25, 0.3) is 0 Å². The summed E-state index contributed by atoms with van der Waals surface area (Å²) in [5.74, 6) is -1.42. The zero-order valence-corrected chi connectivity index (χ0v) is 18.6. The molecule has 0 radical (unpaired) electrons. The molecule has 0 aliphatic carbocycles. The Kier molecular flexibility index (Phi) is 8.20. The number of rotatable bonds is 9. The van der Waals surface area contributed by atoms with Gasteiger partial charge in [-0.15, -0.1) is 0 Å². The van der Waals surface area contributed by atoms with Crippen LogP contribution in [0, 0.1) is 11.7 Å². The number of nitrogens with zero attached hydrogens (tertiary/aromatic N) is 5. The maximum atomic E-state index is 15.2. The molecule has 0 spiro atoms. The molecular weight excluding hydrogens is 458 g/mol. The SMILES string of the molecule is CCN(Cc1ccc(C(F)(F)F)cn1)c1ncnc(NC[C@@H]2CCN(CC(N)=O)C[C@H]2O)c1F. The third kappa shape index (κ3) is 6.50. The number of carbonyl (C=O) groups excluding carboxylic acids is 1. The highest BCUT2D eigenvalue weighted by Crippen LogP contribution is 2.29. The molecule has 1 aliphatic rings. The number of primary amides is 1. The molecule has 4 N–H and O–H groups in total. The topological polar surface area (TPSA) is 121 Å². The monoisotopic (exact) mass is 485 g/mol. The van der Waals surface area contributed by atoms with Gasteiger partial charge in [0.05, 0.1) is 30.5 Å². The second-order valence-corrected chi connectivity index (χ2v) is 8.11. The number of hydrogen-bond acceptors (Lipinski definition) is 8. The number of β-amino-alcohol motifs (C(OH)–C–C–N with tert-alkyl or cyclic N) is 1. The number of halogens is 4. The van der Waals surface area contributed by atoms with Crippen molar-refractivity contribution in [3.63, 3.8) is 0 Å². The van der Waals surface area contributed by atoms with E-state index in [1.165, 1.54) is 17.3 Å². The molecule has 0 saturated carbocycles. The molecule has 0 aromatic carbocycles. The van der Waals surface area contributed by atoms with Gasteiger partial charge < -0.3 is 21.1 Å². The van der Waals surface area contributed by atoms with Crippen molar-refractivity contribution in [3.8, 4) is 0 Å². The first-order valence-corrected chi connectivity index (χ1v) is 10.8. The third-order valence-electron chi connectivity index (χ3n) is 5.67. The normalized spacial score (nSPS) is 19.1. The smallest absolute Gasteiger partial charge is 0.391 e. The number of aromatic nitrogens is 3. The molecule has 34 heavy (non-hydrogen) atoms. The highest BCUT2D eigenvalue weighted by atomic mass is 19.4. The van der Waals surface area contributed by atoms with Crippen LogP contribution in [0.1, 0.15) is 24.6 Å². The van der Waals surface area contributed by atoms with Gasteiger partial charge in [0.2, 0.25) is 11.7 Å². The number of nitrogens with one attached hydrogen (secondary N) is 1. The van der Waals surface area contributed by atoms with Crippen LogP contribution in [-0.4, -0.2) is 69.7 Å². The predicted molar refractivity (Wildman–Crippen MR) is 116 cm³/mol. The Hall–Kier alpha value is -3.06. The van der Waals surface area contributed by atoms with Crippen molar-refractivity contribution >= 4 is 17.5 Å². The molecule has 1 aliphatic heterocycles. The Labute approximate surface area is 194 Å². The fraction of sp³-hybridized carbons (Fsp3) is 0.524. The maximum Gasteiger partial charge on any atom is 0.417 e. The molecule has 2 aromatic heterocycles. The summed E-state index contributed by atoms with van der Waals surface area (Å²) in [6, 6.07) is 2.18. The number of likely N-dealkylation sites (tertiary alicyclic amines) is 1. The fourth-order valence-electron chi connectivity index (χ4n) is 3.80. The minimum Gasteiger partial charge on any atom is -0.391 e. The summed E-state index contributed by atoms with van der Waals surface area (Å²) in [5.41, 5.74) is 4.66. The average molecular weight is 485 g/mol. The van der Waals surface area contributed by atoms with E-state index < -0.39 is 29.6 Å². The van der Waals surface area contributed by atoms with E-state index in [1.807, 2.05) is 0 Å². The van der Waals surface area contributed by atoms with Crippen molar-refractivity contribution in [1.29, 1.82) is 0 Å². The van der Waals surface area contributed by atoms with Crippen molar-refractivity contribution in [2.24, 2.45) is 11.7 Å². The van der Waals surface area contributed by atoms with Crippen molar-refractivity contribution in [2.75, 3.05) is 42.9 Å². The third-order valence-corrected chi connectivity index (χ3v) is 5.67. The summed E-state index contributed by atoms with van der Waals surface area (Å²) in [4.78, 5) is 26.2. The van der Waals surface area contributed by atoms with Gasteiger partial charge in [-0.25, -0.2) is 9.97 Å². The number of anilines is 2. The lowest BCUT2D eigenvalue weighted by molar-refractivity contribution is -0.137. The molecule has 2 atom stereocenters. The van der Waals surface area contributed by atoms with Gasteiger partial charge in [-0.05, 0) is 32.0 Å². The Morgan fingerprint density at radius 1 is 1.32 bits per heavy atom. The molecule has 0 unspecified atom stereocenters. The van der Waals surface area contributed by atoms with Crippen molar-refractivity contribution in [1.82, 2.24) is 19.9 Å². The van der Waals surface area contributed by atoms with Gasteiger partial charge in [0.15, 0.2) is 11.6 Å². The number of amides is 1. The van der Waals surface area contributed by atoms with Gasteiger partial charge in [0.1, 0.15) is 6.33 Å². The van der Waals surface area contributed by atoms with Gasteiger partial charge in [0.25, 0.3) is 0 Å². The Bertz CT molecular complexity index is 975. The van der Waals surface area contributed by atoms with Crippen LogP contribution in [0.3, 0.4) is 0 Å². The predicted octanol–water partition coefficient (Wildman–Crippen LogP) is 1.64. The molecule has 1 fully saturated rings. The molecule has 2 aromatic rings. The summed E-state index contributed by atoms with van der Waals surface area (Å²) in [7, 11) is 0. The van der Waals surface area contributed by atoms with Crippen LogP contribution in [0.5, 0.6) is 0 Å². The zero-order chi connectivity index (χ0) is 24.9. The van der Waals surface area contributed by atoms with Crippen LogP contribution >= 0.6 is 0 Å². The van der Waals surface area contributed by atoms with Gasteiger partial charge in [0, 0.05) is 31.7 Å². The standard InChI is InChI=1S/C21H27F4N7O2/c1-2-32(9-15-4-3-14(8-27-15)21(23,24)25)20-18(22)19(29-12-30-20)28-7-13-5-6-31(10-16(13)33)11-17(26)34/h3-4,8,12-13,16,33H,2,5-7,9-11H2,1H3,(H2,26,34)(H,28,29,30)/t13-,16+/m0/s1. The maximum absolute atomic E-state index is 15.2. The Balaban J connectivity index is 1.64. The number of aliphatic hydroxyl groups excluding tert-OH is 1. The van der Waals surface area contributed by atoms with Gasteiger partial charge in [-0.2, -0.15) is 17.6 Å². The lowest BCUT2D eigenvalue weighted by Crippen LogP contribution is -2.48. The van der Waals surface area contributed by atoms with Gasteiger partial charge in [-0.3, -0.25) is 14.7 Å². The number of aliphatic hydroxyl groups is 1. The number of alkyl halides is 3. The van der Waals surface area contributed by atoms with E-state index in [2.05, 4.69) is 20.3 Å². The summed E-state index contributed by atoms with van der Waals surface area (Å²) in [6.07, 6.45) is -2.69. The van der Waals surface area contributed by atoms with Gasteiger partial charge >= 0.3 is 6.18 Å². The lowest BCUT2D eigenvalue weighted by Gasteiger charge is -2.35. The van der Waals surface area contributed by atoms with Crippen molar-refractivity contribution in [2.45, 2.75) is 32.2 Å². The lowest BCUT2D eigenvalue weighted by atomic mass is 9.94.